The van der Waals surface area contributed by atoms with Gasteiger partial charge in [-0.1, -0.05) is 32.1 Å². The van der Waals surface area contributed by atoms with Gasteiger partial charge in [0, 0.05) is 5.92 Å². The fourth-order valence-corrected chi connectivity index (χ4v) is 3.34. The SMILES string of the molecule is CC1(C)C2CC1C(C=Cc1ccc(O)c(O)c1)=CC2=O. The van der Waals surface area contributed by atoms with Crippen LogP contribution in [0.3, 0.4) is 0 Å². The van der Waals surface area contributed by atoms with E-state index in [1.807, 2.05) is 12.2 Å². The Morgan fingerprint density at radius 1 is 1.15 bits per heavy atom. The first kappa shape index (κ1) is 13.0. The average Bonchev–Trinajstić information content (AvgIpc) is 2.39. The van der Waals surface area contributed by atoms with Gasteiger partial charge in [0.25, 0.3) is 0 Å². The molecule has 2 bridgehead atoms. The number of phenolic OH excluding ortho intramolecular Hbond substituents is 2. The molecule has 0 radical (unpaired) electrons. The number of phenols is 2. The quantitative estimate of drug-likeness (QED) is 0.811. The number of benzene rings is 1. The molecule has 1 saturated carbocycles. The average molecular weight is 270 g/mol. The van der Waals surface area contributed by atoms with Crippen LogP contribution in [0.15, 0.2) is 35.9 Å². The minimum atomic E-state index is -0.134. The Balaban J connectivity index is 1.86. The van der Waals surface area contributed by atoms with E-state index in [1.54, 1.807) is 12.1 Å². The third-order valence-electron chi connectivity index (χ3n) is 4.79. The molecule has 2 unspecified atom stereocenters. The first-order chi connectivity index (χ1) is 9.39. The summed E-state index contributed by atoms with van der Waals surface area (Å²) < 4.78 is 0. The second-order valence-corrected chi connectivity index (χ2v) is 6.29. The van der Waals surface area contributed by atoms with Gasteiger partial charge in [-0.3, -0.25) is 4.79 Å². The van der Waals surface area contributed by atoms with Crippen molar-refractivity contribution in [2.75, 3.05) is 0 Å². The lowest BCUT2D eigenvalue weighted by atomic mass is 9.48. The van der Waals surface area contributed by atoms with Crippen molar-refractivity contribution >= 4 is 11.9 Å². The highest BCUT2D eigenvalue weighted by atomic mass is 16.3. The van der Waals surface area contributed by atoms with Crippen molar-refractivity contribution in [3.63, 3.8) is 0 Å². The number of allylic oxidation sites excluding steroid dienone is 3. The molecule has 0 spiro atoms. The Hall–Kier alpha value is -2.03. The first-order valence-corrected chi connectivity index (χ1v) is 6.85. The van der Waals surface area contributed by atoms with E-state index in [4.69, 9.17) is 0 Å². The highest BCUT2D eigenvalue weighted by molar-refractivity contribution is 5.96. The number of carbonyl (C=O) groups excluding carboxylic acids is 1. The van der Waals surface area contributed by atoms with E-state index in [1.165, 1.54) is 12.1 Å². The summed E-state index contributed by atoms with van der Waals surface area (Å²) in [7, 11) is 0. The molecule has 4 rings (SSSR count). The monoisotopic (exact) mass is 270 g/mol. The van der Waals surface area contributed by atoms with Crippen LogP contribution in [-0.2, 0) is 4.79 Å². The van der Waals surface area contributed by atoms with Gasteiger partial charge in [-0.15, -0.1) is 0 Å². The topological polar surface area (TPSA) is 57.5 Å². The molecule has 3 nitrogen and oxygen atoms in total. The van der Waals surface area contributed by atoms with Crippen LogP contribution in [-0.4, -0.2) is 16.0 Å². The van der Waals surface area contributed by atoms with E-state index in [0.29, 0.717) is 5.92 Å². The van der Waals surface area contributed by atoms with Gasteiger partial charge < -0.3 is 10.2 Å². The van der Waals surface area contributed by atoms with Crippen LogP contribution in [0.5, 0.6) is 11.5 Å². The van der Waals surface area contributed by atoms with Crippen LogP contribution in [0.25, 0.3) is 6.08 Å². The third kappa shape index (κ3) is 1.85. The van der Waals surface area contributed by atoms with Crippen molar-refractivity contribution in [1.29, 1.82) is 0 Å². The molecule has 2 atom stereocenters. The molecular weight excluding hydrogens is 252 g/mol. The summed E-state index contributed by atoms with van der Waals surface area (Å²) in [6.07, 6.45) is 6.52. The maximum absolute atomic E-state index is 12.0. The number of fused-ring (bicyclic) bond motifs is 1. The molecule has 1 aromatic rings. The van der Waals surface area contributed by atoms with E-state index < -0.39 is 0 Å². The van der Waals surface area contributed by atoms with E-state index in [9.17, 15) is 15.0 Å². The minimum absolute atomic E-state index is 0.0581. The zero-order valence-corrected chi connectivity index (χ0v) is 11.6. The van der Waals surface area contributed by atoms with Crippen molar-refractivity contribution < 1.29 is 15.0 Å². The number of hydrogen-bond donors (Lipinski definition) is 2. The summed E-state index contributed by atoms with van der Waals surface area (Å²) in [5, 5.41) is 18.8. The minimum Gasteiger partial charge on any atom is -0.504 e. The van der Waals surface area contributed by atoms with Gasteiger partial charge in [0.15, 0.2) is 17.3 Å². The first-order valence-electron chi connectivity index (χ1n) is 6.85. The van der Waals surface area contributed by atoms with Crippen LogP contribution in [0, 0.1) is 17.3 Å². The number of carbonyl (C=O) groups is 1. The van der Waals surface area contributed by atoms with Crippen molar-refractivity contribution in [3.05, 3.63) is 41.5 Å². The molecule has 3 aliphatic carbocycles. The Labute approximate surface area is 118 Å². The molecule has 104 valence electrons. The van der Waals surface area contributed by atoms with Gasteiger partial charge in [-0.2, -0.15) is 0 Å². The van der Waals surface area contributed by atoms with Gasteiger partial charge in [-0.25, -0.2) is 0 Å². The van der Waals surface area contributed by atoms with Gasteiger partial charge in [0.05, 0.1) is 0 Å². The van der Waals surface area contributed by atoms with Crippen LogP contribution < -0.4 is 0 Å². The smallest absolute Gasteiger partial charge is 0.159 e. The number of aromatic hydroxyl groups is 2. The molecule has 0 amide bonds. The highest BCUT2D eigenvalue weighted by Crippen LogP contribution is 2.58. The van der Waals surface area contributed by atoms with E-state index in [0.717, 1.165) is 17.6 Å². The number of hydrogen-bond acceptors (Lipinski definition) is 3. The van der Waals surface area contributed by atoms with Crippen LogP contribution in [0.1, 0.15) is 25.8 Å². The largest absolute Gasteiger partial charge is 0.504 e. The van der Waals surface area contributed by atoms with Crippen molar-refractivity contribution in [1.82, 2.24) is 0 Å². The fourth-order valence-electron chi connectivity index (χ4n) is 3.34. The number of rotatable bonds is 2. The summed E-state index contributed by atoms with van der Waals surface area (Å²) in [6.45, 7) is 4.30. The molecular formula is C17H18O3. The zero-order chi connectivity index (χ0) is 14.5. The van der Waals surface area contributed by atoms with Gasteiger partial charge in [0.2, 0.25) is 0 Å². The fraction of sp³-hybridized carbons (Fsp3) is 0.353. The lowest BCUT2D eigenvalue weighted by Crippen LogP contribution is -2.52. The molecule has 3 heteroatoms. The number of ketones is 1. The van der Waals surface area contributed by atoms with Crippen LogP contribution >= 0.6 is 0 Å². The Morgan fingerprint density at radius 2 is 1.90 bits per heavy atom. The van der Waals surface area contributed by atoms with Crippen molar-refractivity contribution in [2.45, 2.75) is 20.3 Å². The summed E-state index contributed by atoms with van der Waals surface area (Å²) in [4.78, 5) is 12.0. The summed E-state index contributed by atoms with van der Waals surface area (Å²) in [5.41, 5.74) is 1.92. The molecule has 20 heavy (non-hydrogen) atoms. The summed E-state index contributed by atoms with van der Waals surface area (Å²) >= 11 is 0. The van der Waals surface area contributed by atoms with Gasteiger partial charge >= 0.3 is 0 Å². The second kappa shape index (κ2) is 4.23. The standard InChI is InChI=1S/C17H18O3/c1-17(2)12-9-13(17)15(19)8-11(12)5-3-10-4-6-14(18)16(20)7-10/h3-8,12-13,18,20H,9H2,1-2H3. The van der Waals surface area contributed by atoms with Gasteiger partial charge in [-0.05, 0) is 47.1 Å². The third-order valence-corrected chi connectivity index (χ3v) is 4.79. The van der Waals surface area contributed by atoms with Gasteiger partial charge in [0.1, 0.15) is 0 Å². The predicted molar refractivity (Wildman–Crippen MR) is 77.3 cm³/mol. The molecule has 1 aromatic carbocycles. The lowest BCUT2D eigenvalue weighted by Gasteiger charge is -2.54. The van der Waals surface area contributed by atoms with E-state index in [-0.39, 0.29) is 28.6 Å². The summed E-state index contributed by atoms with van der Waals surface area (Å²) in [6, 6.07) is 4.69. The van der Waals surface area contributed by atoms with Crippen molar-refractivity contribution in [2.24, 2.45) is 17.3 Å². The Morgan fingerprint density at radius 3 is 2.50 bits per heavy atom. The molecule has 3 aliphatic rings. The Bertz CT molecular complexity index is 638. The maximum atomic E-state index is 12.0. The molecule has 2 N–H and O–H groups in total. The normalized spacial score (nSPS) is 27.3. The second-order valence-electron chi connectivity index (χ2n) is 6.29. The van der Waals surface area contributed by atoms with E-state index >= 15 is 0 Å². The Kier molecular flexibility index (Phi) is 2.75. The maximum Gasteiger partial charge on any atom is 0.159 e. The molecule has 0 aromatic heterocycles. The zero-order valence-electron chi connectivity index (χ0n) is 11.6. The van der Waals surface area contributed by atoms with Crippen LogP contribution in [0.4, 0.5) is 0 Å². The van der Waals surface area contributed by atoms with E-state index in [2.05, 4.69) is 13.8 Å². The molecule has 0 aliphatic heterocycles. The molecule has 0 saturated heterocycles. The highest BCUT2D eigenvalue weighted by Gasteiger charge is 2.54. The lowest BCUT2D eigenvalue weighted by molar-refractivity contribution is -0.133. The van der Waals surface area contributed by atoms with Crippen molar-refractivity contribution in [3.8, 4) is 11.5 Å². The molecule has 1 fully saturated rings. The van der Waals surface area contributed by atoms with Crippen LogP contribution in [0.2, 0.25) is 0 Å². The predicted octanol–water partition coefficient (Wildman–Crippen LogP) is 3.28. The molecule has 0 heterocycles. The summed E-state index contributed by atoms with van der Waals surface area (Å²) in [5.74, 6) is 0.585.